The van der Waals surface area contributed by atoms with Crippen LogP contribution in [-0.4, -0.2) is 66.7 Å². The Morgan fingerprint density at radius 1 is 1.21 bits per heavy atom. The molecule has 1 amide bonds. The predicted molar refractivity (Wildman–Crippen MR) is 102 cm³/mol. The Bertz CT molecular complexity index is 815. The lowest BCUT2D eigenvalue weighted by molar-refractivity contribution is -0.145. The van der Waals surface area contributed by atoms with Crippen LogP contribution in [0.4, 0.5) is 13.2 Å². The van der Waals surface area contributed by atoms with Crippen LogP contribution in [0.15, 0.2) is 29.1 Å². The molecule has 0 atom stereocenters. The third-order valence-electron chi connectivity index (χ3n) is 4.55. The van der Waals surface area contributed by atoms with Gasteiger partial charge in [0.1, 0.15) is 6.61 Å². The van der Waals surface area contributed by atoms with Gasteiger partial charge in [-0.25, -0.2) is 4.98 Å². The molecule has 10 heteroatoms. The van der Waals surface area contributed by atoms with Crippen molar-refractivity contribution in [2.45, 2.75) is 19.2 Å². The van der Waals surface area contributed by atoms with Crippen molar-refractivity contribution in [3.8, 4) is 11.5 Å². The minimum Gasteiger partial charge on any atom is -0.493 e. The minimum absolute atomic E-state index is 0.192. The molecule has 0 unspecified atom stereocenters. The van der Waals surface area contributed by atoms with Crippen molar-refractivity contribution >= 4 is 17.2 Å². The number of hydrogen-bond acceptors (Lipinski definition) is 6. The van der Waals surface area contributed by atoms with E-state index in [-0.39, 0.29) is 25.6 Å². The third kappa shape index (κ3) is 6.07. The summed E-state index contributed by atoms with van der Waals surface area (Å²) < 4.78 is 48.9. The first kappa shape index (κ1) is 21.4. The van der Waals surface area contributed by atoms with E-state index >= 15 is 0 Å². The van der Waals surface area contributed by atoms with Crippen molar-refractivity contribution in [1.82, 2.24) is 14.8 Å². The summed E-state index contributed by atoms with van der Waals surface area (Å²) in [5.41, 5.74) is 2.92. The Kier molecular flexibility index (Phi) is 6.96. The Morgan fingerprint density at radius 2 is 2.03 bits per heavy atom. The number of benzene rings is 1. The molecule has 0 bridgehead atoms. The van der Waals surface area contributed by atoms with E-state index in [1.165, 1.54) is 23.3 Å². The molecule has 6 nitrogen and oxygen atoms in total. The van der Waals surface area contributed by atoms with Crippen LogP contribution in [0.5, 0.6) is 11.5 Å². The van der Waals surface area contributed by atoms with E-state index in [0.29, 0.717) is 36.6 Å². The van der Waals surface area contributed by atoms with Gasteiger partial charge >= 0.3 is 6.18 Å². The molecule has 1 aliphatic heterocycles. The molecule has 2 aromatic rings. The first-order valence-electron chi connectivity index (χ1n) is 9.12. The van der Waals surface area contributed by atoms with Crippen molar-refractivity contribution < 1.29 is 27.4 Å². The molecule has 1 saturated heterocycles. The molecular weight excluding hydrogens is 407 g/mol. The predicted octanol–water partition coefficient (Wildman–Crippen LogP) is 3.44. The summed E-state index contributed by atoms with van der Waals surface area (Å²) in [6.07, 6.45) is -3.74. The number of carbonyl (C=O) groups excluding carboxylic acids is 1. The van der Waals surface area contributed by atoms with E-state index in [4.69, 9.17) is 9.47 Å². The Hall–Kier alpha value is -2.33. The molecule has 1 aromatic heterocycles. The van der Waals surface area contributed by atoms with Crippen LogP contribution in [0.1, 0.15) is 22.5 Å². The molecule has 0 N–H and O–H groups in total. The number of nitrogens with zero attached hydrogens (tertiary/aromatic N) is 3. The number of methoxy groups -OCH3 is 1. The monoisotopic (exact) mass is 429 g/mol. The highest BCUT2D eigenvalue weighted by Crippen LogP contribution is 2.29. The first-order valence-corrected chi connectivity index (χ1v) is 10.1. The van der Waals surface area contributed by atoms with E-state index in [1.807, 2.05) is 5.38 Å². The maximum Gasteiger partial charge on any atom is 0.401 e. The van der Waals surface area contributed by atoms with E-state index < -0.39 is 12.7 Å². The molecule has 0 saturated carbocycles. The van der Waals surface area contributed by atoms with Crippen LogP contribution in [0.2, 0.25) is 0 Å². The molecule has 0 spiro atoms. The zero-order chi connectivity index (χ0) is 20.9. The number of rotatable bonds is 6. The van der Waals surface area contributed by atoms with Gasteiger partial charge in [0.05, 0.1) is 24.9 Å². The first-order chi connectivity index (χ1) is 13.9. The van der Waals surface area contributed by atoms with E-state index in [1.54, 1.807) is 28.6 Å². The maximum absolute atomic E-state index is 12.8. The summed E-state index contributed by atoms with van der Waals surface area (Å²) in [5, 5.41) is 1.88. The van der Waals surface area contributed by atoms with Crippen molar-refractivity contribution in [1.29, 1.82) is 0 Å². The van der Waals surface area contributed by atoms with Crippen molar-refractivity contribution in [3.05, 3.63) is 40.3 Å². The van der Waals surface area contributed by atoms with Crippen molar-refractivity contribution in [2.75, 3.05) is 39.8 Å². The van der Waals surface area contributed by atoms with Gasteiger partial charge in [-0.1, -0.05) is 0 Å². The van der Waals surface area contributed by atoms with E-state index in [0.717, 1.165) is 5.69 Å². The zero-order valence-electron chi connectivity index (χ0n) is 15.9. The number of hydrogen-bond donors (Lipinski definition) is 0. The summed E-state index contributed by atoms with van der Waals surface area (Å²) in [7, 11) is 1.49. The number of thiazole rings is 1. The van der Waals surface area contributed by atoms with Gasteiger partial charge in [0.15, 0.2) is 11.5 Å². The fraction of sp³-hybridized carbons (Fsp3) is 0.474. The molecule has 3 rings (SSSR count). The molecular formula is C19H22F3N3O3S. The van der Waals surface area contributed by atoms with Crippen LogP contribution >= 0.6 is 11.3 Å². The molecule has 158 valence electrons. The normalized spacial score (nSPS) is 15.8. The lowest BCUT2D eigenvalue weighted by atomic mass is 10.1. The molecule has 0 aliphatic carbocycles. The topological polar surface area (TPSA) is 54.9 Å². The van der Waals surface area contributed by atoms with Gasteiger partial charge < -0.3 is 14.4 Å². The number of amides is 1. The molecule has 0 radical (unpaired) electrons. The second kappa shape index (κ2) is 9.45. The Balaban J connectivity index is 1.64. The maximum atomic E-state index is 12.8. The van der Waals surface area contributed by atoms with Crippen molar-refractivity contribution in [2.24, 2.45) is 0 Å². The van der Waals surface area contributed by atoms with E-state index in [9.17, 15) is 18.0 Å². The van der Waals surface area contributed by atoms with Crippen LogP contribution in [0.25, 0.3) is 0 Å². The number of halogens is 3. The summed E-state index contributed by atoms with van der Waals surface area (Å²) in [4.78, 5) is 19.9. The van der Waals surface area contributed by atoms with Gasteiger partial charge in [-0.2, -0.15) is 13.2 Å². The van der Waals surface area contributed by atoms with Crippen LogP contribution in [0.3, 0.4) is 0 Å². The molecule has 29 heavy (non-hydrogen) atoms. The van der Waals surface area contributed by atoms with Crippen LogP contribution in [-0.2, 0) is 6.61 Å². The summed E-state index contributed by atoms with van der Waals surface area (Å²) in [6.45, 7) is 0.506. The molecule has 1 fully saturated rings. The minimum atomic E-state index is -4.24. The van der Waals surface area contributed by atoms with Gasteiger partial charge in [0, 0.05) is 37.1 Å². The number of ether oxygens (including phenoxy) is 2. The van der Waals surface area contributed by atoms with Crippen LogP contribution < -0.4 is 9.47 Å². The number of carbonyl (C=O) groups is 1. The largest absolute Gasteiger partial charge is 0.493 e. The lowest BCUT2D eigenvalue weighted by Gasteiger charge is -2.23. The average molecular weight is 429 g/mol. The molecule has 1 aliphatic rings. The highest BCUT2D eigenvalue weighted by atomic mass is 32.1. The van der Waals surface area contributed by atoms with Gasteiger partial charge in [-0.05, 0) is 24.6 Å². The van der Waals surface area contributed by atoms with Crippen molar-refractivity contribution in [3.63, 3.8) is 0 Å². The molecule has 2 heterocycles. The van der Waals surface area contributed by atoms with Gasteiger partial charge in [-0.3, -0.25) is 9.69 Å². The fourth-order valence-corrected chi connectivity index (χ4v) is 3.69. The quantitative estimate of drug-likeness (QED) is 0.704. The molecule has 1 aromatic carbocycles. The summed E-state index contributed by atoms with van der Waals surface area (Å²) >= 11 is 1.47. The Morgan fingerprint density at radius 3 is 2.72 bits per heavy atom. The lowest BCUT2D eigenvalue weighted by Crippen LogP contribution is -2.38. The SMILES string of the molecule is COc1cc(C(=O)N2CCCN(CC(F)(F)F)CC2)ccc1OCc1cscn1. The fourth-order valence-electron chi connectivity index (χ4n) is 3.15. The van der Waals surface area contributed by atoms with Gasteiger partial charge in [0.2, 0.25) is 0 Å². The summed E-state index contributed by atoms with van der Waals surface area (Å²) in [6, 6.07) is 4.89. The van der Waals surface area contributed by atoms with Gasteiger partial charge in [0.25, 0.3) is 5.91 Å². The third-order valence-corrected chi connectivity index (χ3v) is 5.18. The highest BCUT2D eigenvalue weighted by molar-refractivity contribution is 7.07. The van der Waals surface area contributed by atoms with Crippen LogP contribution in [0, 0.1) is 0 Å². The van der Waals surface area contributed by atoms with E-state index in [2.05, 4.69) is 4.98 Å². The Labute approximate surface area is 170 Å². The average Bonchev–Trinajstić information content (AvgIpc) is 3.10. The zero-order valence-corrected chi connectivity index (χ0v) is 16.8. The van der Waals surface area contributed by atoms with Gasteiger partial charge in [-0.15, -0.1) is 11.3 Å². The second-order valence-electron chi connectivity index (χ2n) is 6.67. The summed E-state index contributed by atoms with van der Waals surface area (Å²) in [5.74, 6) is 0.673. The second-order valence-corrected chi connectivity index (χ2v) is 7.39. The standard InChI is InChI=1S/C19H22F3N3O3S/c1-27-17-9-14(3-4-16(17)28-10-15-11-29-13-23-15)18(26)25-6-2-5-24(7-8-25)12-19(20,21)22/h3-4,9,11,13H,2,5-8,10,12H2,1H3. The highest BCUT2D eigenvalue weighted by Gasteiger charge is 2.32. The number of aromatic nitrogens is 1. The smallest absolute Gasteiger partial charge is 0.401 e. The number of alkyl halides is 3.